The summed E-state index contributed by atoms with van der Waals surface area (Å²) in [5.74, 6) is 0.102. The summed E-state index contributed by atoms with van der Waals surface area (Å²) in [5.41, 5.74) is 1.79. The van der Waals surface area contributed by atoms with E-state index in [4.69, 9.17) is 4.74 Å². The molecule has 3 heteroatoms. The SMILES string of the molecule is CC(=O)c1ccc(NCC2CCCO2)cc1. The number of carbonyl (C=O) groups excluding carboxylic acids is 1. The normalized spacial score (nSPS) is 19.7. The van der Waals surface area contributed by atoms with E-state index in [1.54, 1.807) is 6.92 Å². The van der Waals surface area contributed by atoms with Crippen LogP contribution in [0.3, 0.4) is 0 Å². The van der Waals surface area contributed by atoms with Gasteiger partial charge in [0.25, 0.3) is 0 Å². The lowest BCUT2D eigenvalue weighted by Gasteiger charge is -2.11. The minimum absolute atomic E-state index is 0.102. The molecule has 1 unspecified atom stereocenters. The Bertz CT molecular complexity index is 353. The first-order valence-electron chi connectivity index (χ1n) is 5.72. The molecule has 0 radical (unpaired) electrons. The maximum absolute atomic E-state index is 11.1. The van der Waals surface area contributed by atoms with Crippen molar-refractivity contribution in [2.45, 2.75) is 25.9 Å². The molecule has 0 spiro atoms. The number of rotatable bonds is 4. The van der Waals surface area contributed by atoms with Gasteiger partial charge in [0.1, 0.15) is 0 Å². The fraction of sp³-hybridized carbons (Fsp3) is 0.462. The van der Waals surface area contributed by atoms with Crippen molar-refractivity contribution in [2.24, 2.45) is 0 Å². The third-order valence-corrected chi connectivity index (χ3v) is 2.85. The van der Waals surface area contributed by atoms with Gasteiger partial charge in [-0.25, -0.2) is 0 Å². The smallest absolute Gasteiger partial charge is 0.159 e. The van der Waals surface area contributed by atoms with E-state index in [2.05, 4.69) is 5.32 Å². The molecule has 86 valence electrons. The zero-order chi connectivity index (χ0) is 11.4. The minimum Gasteiger partial charge on any atom is -0.382 e. The molecule has 0 amide bonds. The van der Waals surface area contributed by atoms with E-state index in [1.807, 2.05) is 24.3 Å². The van der Waals surface area contributed by atoms with Gasteiger partial charge < -0.3 is 10.1 Å². The molecule has 0 aromatic heterocycles. The van der Waals surface area contributed by atoms with E-state index in [-0.39, 0.29) is 5.78 Å². The zero-order valence-corrected chi connectivity index (χ0v) is 9.53. The highest BCUT2D eigenvalue weighted by Crippen LogP contribution is 2.14. The second-order valence-electron chi connectivity index (χ2n) is 4.15. The topological polar surface area (TPSA) is 38.3 Å². The standard InChI is InChI=1S/C13H17NO2/c1-10(15)11-4-6-12(7-5-11)14-9-13-3-2-8-16-13/h4-7,13-14H,2-3,8-9H2,1H3. The monoisotopic (exact) mass is 219 g/mol. The number of ether oxygens (including phenoxy) is 1. The third-order valence-electron chi connectivity index (χ3n) is 2.85. The first-order valence-corrected chi connectivity index (χ1v) is 5.72. The van der Waals surface area contributed by atoms with Gasteiger partial charge in [0, 0.05) is 24.4 Å². The number of benzene rings is 1. The van der Waals surface area contributed by atoms with Crippen molar-refractivity contribution in [3.8, 4) is 0 Å². The van der Waals surface area contributed by atoms with Gasteiger partial charge >= 0.3 is 0 Å². The highest BCUT2D eigenvalue weighted by atomic mass is 16.5. The Kier molecular flexibility index (Phi) is 3.57. The van der Waals surface area contributed by atoms with Gasteiger partial charge in [-0.05, 0) is 44.0 Å². The Morgan fingerprint density at radius 3 is 2.75 bits per heavy atom. The van der Waals surface area contributed by atoms with Crippen molar-refractivity contribution in [1.82, 2.24) is 0 Å². The van der Waals surface area contributed by atoms with Crippen LogP contribution in [0, 0.1) is 0 Å². The third kappa shape index (κ3) is 2.83. The number of hydrogen-bond donors (Lipinski definition) is 1. The Morgan fingerprint density at radius 1 is 1.44 bits per heavy atom. The van der Waals surface area contributed by atoms with E-state index < -0.39 is 0 Å². The Balaban J connectivity index is 1.87. The van der Waals surface area contributed by atoms with Crippen LogP contribution in [0.5, 0.6) is 0 Å². The molecule has 1 aromatic carbocycles. The van der Waals surface area contributed by atoms with Crippen molar-refractivity contribution in [3.05, 3.63) is 29.8 Å². The number of hydrogen-bond acceptors (Lipinski definition) is 3. The molecule has 1 aliphatic heterocycles. The minimum atomic E-state index is 0.102. The second-order valence-corrected chi connectivity index (χ2v) is 4.15. The average molecular weight is 219 g/mol. The van der Waals surface area contributed by atoms with Crippen molar-refractivity contribution in [1.29, 1.82) is 0 Å². The molecule has 1 heterocycles. The van der Waals surface area contributed by atoms with Gasteiger partial charge in [0.05, 0.1) is 6.10 Å². The van der Waals surface area contributed by atoms with E-state index in [0.717, 1.165) is 37.2 Å². The molecule has 0 saturated carbocycles. The van der Waals surface area contributed by atoms with Gasteiger partial charge in [-0.2, -0.15) is 0 Å². The summed E-state index contributed by atoms with van der Waals surface area (Å²) in [4.78, 5) is 11.1. The molecule has 2 rings (SSSR count). The molecule has 0 bridgehead atoms. The van der Waals surface area contributed by atoms with Crippen molar-refractivity contribution in [3.63, 3.8) is 0 Å². The van der Waals surface area contributed by atoms with Gasteiger partial charge in [-0.1, -0.05) is 0 Å². The maximum Gasteiger partial charge on any atom is 0.159 e. The Hall–Kier alpha value is -1.35. The van der Waals surface area contributed by atoms with Crippen LogP contribution in [0.15, 0.2) is 24.3 Å². The van der Waals surface area contributed by atoms with Gasteiger partial charge in [-0.15, -0.1) is 0 Å². The van der Waals surface area contributed by atoms with Crippen LogP contribution in [-0.4, -0.2) is 25.0 Å². The predicted octanol–water partition coefficient (Wildman–Crippen LogP) is 2.48. The average Bonchev–Trinajstić information content (AvgIpc) is 2.80. The number of ketones is 1. The van der Waals surface area contributed by atoms with E-state index >= 15 is 0 Å². The summed E-state index contributed by atoms with van der Waals surface area (Å²) < 4.78 is 5.52. The van der Waals surface area contributed by atoms with Crippen LogP contribution in [0.25, 0.3) is 0 Å². The van der Waals surface area contributed by atoms with Crippen LogP contribution in [0.4, 0.5) is 5.69 Å². The second kappa shape index (κ2) is 5.12. The first kappa shape index (κ1) is 11.1. The largest absolute Gasteiger partial charge is 0.382 e. The predicted molar refractivity (Wildman–Crippen MR) is 63.9 cm³/mol. The molecule has 16 heavy (non-hydrogen) atoms. The molecule has 1 aromatic rings. The van der Waals surface area contributed by atoms with E-state index in [0.29, 0.717) is 6.10 Å². The summed E-state index contributed by atoms with van der Waals surface area (Å²) in [7, 11) is 0. The number of Topliss-reactive ketones (excluding diaryl/α,β-unsaturated/α-hetero) is 1. The number of nitrogens with one attached hydrogen (secondary N) is 1. The molecule has 1 saturated heterocycles. The van der Waals surface area contributed by atoms with Crippen LogP contribution < -0.4 is 5.32 Å². The molecule has 1 fully saturated rings. The summed E-state index contributed by atoms with van der Waals surface area (Å²) >= 11 is 0. The van der Waals surface area contributed by atoms with Gasteiger partial charge in [0.15, 0.2) is 5.78 Å². The fourth-order valence-corrected chi connectivity index (χ4v) is 1.86. The number of carbonyl (C=O) groups is 1. The summed E-state index contributed by atoms with van der Waals surface area (Å²) in [6.07, 6.45) is 2.64. The lowest BCUT2D eigenvalue weighted by Crippen LogP contribution is -2.18. The highest BCUT2D eigenvalue weighted by molar-refractivity contribution is 5.94. The van der Waals surface area contributed by atoms with E-state index in [9.17, 15) is 4.79 Å². The zero-order valence-electron chi connectivity index (χ0n) is 9.53. The van der Waals surface area contributed by atoms with Gasteiger partial charge in [-0.3, -0.25) is 4.79 Å². The molecular formula is C13H17NO2. The van der Waals surface area contributed by atoms with Crippen LogP contribution >= 0.6 is 0 Å². The summed E-state index contributed by atoms with van der Waals surface area (Å²) in [6, 6.07) is 7.57. The van der Waals surface area contributed by atoms with Crippen molar-refractivity contribution >= 4 is 11.5 Å². The molecule has 3 nitrogen and oxygen atoms in total. The van der Waals surface area contributed by atoms with Crippen LogP contribution in [0.2, 0.25) is 0 Å². The maximum atomic E-state index is 11.1. The summed E-state index contributed by atoms with van der Waals surface area (Å²) in [5, 5.41) is 3.32. The lowest BCUT2D eigenvalue weighted by atomic mass is 10.1. The molecular weight excluding hydrogens is 202 g/mol. The van der Waals surface area contributed by atoms with Crippen LogP contribution in [0.1, 0.15) is 30.1 Å². The van der Waals surface area contributed by atoms with Crippen molar-refractivity contribution < 1.29 is 9.53 Å². The van der Waals surface area contributed by atoms with Crippen molar-refractivity contribution in [2.75, 3.05) is 18.5 Å². The van der Waals surface area contributed by atoms with Crippen LogP contribution in [-0.2, 0) is 4.74 Å². The Morgan fingerprint density at radius 2 is 2.19 bits per heavy atom. The van der Waals surface area contributed by atoms with Gasteiger partial charge in [0.2, 0.25) is 0 Å². The molecule has 1 N–H and O–H groups in total. The van der Waals surface area contributed by atoms with E-state index in [1.165, 1.54) is 0 Å². The molecule has 0 aliphatic carbocycles. The molecule has 1 atom stereocenters. The quantitative estimate of drug-likeness (QED) is 0.791. The molecule has 1 aliphatic rings. The number of anilines is 1. The highest BCUT2D eigenvalue weighted by Gasteiger charge is 2.14. The summed E-state index contributed by atoms with van der Waals surface area (Å²) in [6.45, 7) is 3.31. The Labute approximate surface area is 95.8 Å². The first-order chi connectivity index (χ1) is 7.75. The fourth-order valence-electron chi connectivity index (χ4n) is 1.86. The lowest BCUT2D eigenvalue weighted by molar-refractivity contribution is 0.101.